The molecule has 4 nitrogen and oxygen atoms in total. The Balaban J connectivity index is 1.51. The number of nitrogens with zero attached hydrogens (tertiary/aromatic N) is 2. The summed E-state index contributed by atoms with van der Waals surface area (Å²) in [6.45, 7) is 0.865. The van der Waals surface area contributed by atoms with Gasteiger partial charge >= 0.3 is 0 Å². The number of thioether (sulfide) groups is 1. The summed E-state index contributed by atoms with van der Waals surface area (Å²) in [5, 5.41) is 1.45. The van der Waals surface area contributed by atoms with Gasteiger partial charge in [0.25, 0.3) is 11.1 Å². The Kier molecular flexibility index (Phi) is 6.15. The lowest BCUT2D eigenvalue weighted by Gasteiger charge is -2.12. The third-order valence-electron chi connectivity index (χ3n) is 5.52. The zero-order valence-corrected chi connectivity index (χ0v) is 20.5. The van der Waals surface area contributed by atoms with Crippen LogP contribution in [0.15, 0.2) is 88.4 Å². The Morgan fingerprint density at radius 1 is 0.939 bits per heavy atom. The van der Waals surface area contributed by atoms with Crippen LogP contribution in [0, 0.1) is 0 Å². The summed E-state index contributed by atoms with van der Waals surface area (Å²) in [4.78, 5) is 27.4. The van der Waals surface area contributed by atoms with E-state index in [9.17, 15) is 9.59 Å². The molecule has 4 aromatic rings. The van der Waals surface area contributed by atoms with E-state index in [4.69, 9.17) is 11.6 Å². The number of carbonyl (C=O) groups is 2. The molecule has 2 amide bonds. The van der Waals surface area contributed by atoms with Gasteiger partial charge in [-0.05, 0) is 53.2 Å². The number of benzene rings is 3. The number of hydrogen-bond donors (Lipinski definition) is 0. The van der Waals surface area contributed by atoms with Gasteiger partial charge in [0, 0.05) is 38.7 Å². The number of imide groups is 1. The summed E-state index contributed by atoms with van der Waals surface area (Å²) in [6, 6.07) is 23.3. The lowest BCUT2D eigenvalue weighted by Crippen LogP contribution is -2.27. The molecule has 0 spiro atoms. The van der Waals surface area contributed by atoms with Gasteiger partial charge < -0.3 is 4.57 Å². The van der Waals surface area contributed by atoms with E-state index >= 15 is 0 Å². The number of hydrogen-bond acceptors (Lipinski definition) is 3. The fourth-order valence-corrected chi connectivity index (χ4v) is 5.28. The molecule has 0 radical (unpaired) electrons. The molecule has 33 heavy (non-hydrogen) atoms. The zero-order valence-electron chi connectivity index (χ0n) is 17.4. The first-order valence-electron chi connectivity index (χ1n) is 10.3. The fraction of sp³-hybridized carbons (Fsp3) is 0.0769. The smallest absolute Gasteiger partial charge is 0.293 e. The summed E-state index contributed by atoms with van der Waals surface area (Å²) >= 11 is 10.9. The molecule has 0 bridgehead atoms. The normalized spacial score (nSPS) is 15.2. The highest BCUT2D eigenvalue weighted by Crippen LogP contribution is 2.36. The van der Waals surface area contributed by atoms with E-state index in [2.05, 4.69) is 20.5 Å². The minimum Gasteiger partial charge on any atom is -0.342 e. The van der Waals surface area contributed by atoms with E-state index in [1.165, 1.54) is 4.90 Å². The second kappa shape index (κ2) is 9.21. The molecule has 1 aliphatic heterocycles. The number of carbonyl (C=O) groups excluding carboxylic acids is 2. The van der Waals surface area contributed by atoms with Crippen molar-refractivity contribution in [2.24, 2.45) is 0 Å². The molecule has 2 heterocycles. The number of halogens is 2. The minimum atomic E-state index is -0.268. The summed E-state index contributed by atoms with van der Waals surface area (Å²) in [7, 11) is 0. The van der Waals surface area contributed by atoms with Gasteiger partial charge in [0.15, 0.2) is 0 Å². The highest BCUT2D eigenvalue weighted by molar-refractivity contribution is 9.10. The number of rotatable bonds is 5. The van der Waals surface area contributed by atoms with Crippen LogP contribution in [0.2, 0.25) is 5.02 Å². The van der Waals surface area contributed by atoms with Crippen molar-refractivity contribution in [3.05, 3.63) is 110 Å². The first-order valence-corrected chi connectivity index (χ1v) is 12.3. The summed E-state index contributed by atoms with van der Waals surface area (Å²) in [5.41, 5.74) is 3.83. The molecule has 164 valence electrons. The Morgan fingerprint density at radius 2 is 1.70 bits per heavy atom. The first kappa shape index (κ1) is 22.0. The average molecular weight is 538 g/mol. The molecular weight excluding hydrogens is 520 g/mol. The highest BCUT2D eigenvalue weighted by Gasteiger charge is 2.35. The molecule has 7 heteroatoms. The molecule has 1 aliphatic rings. The van der Waals surface area contributed by atoms with Crippen molar-refractivity contribution >= 4 is 67.4 Å². The van der Waals surface area contributed by atoms with Crippen LogP contribution in [-0.4, -0.2) is 20.6 Å². The molecule has 0 atom stereocenters. The standard InChI is InChI=1S/C26H18BrClN2O2S/c27-20-10-11-23-21(13-20)19(16-29(23)15-18-8-4-5-9-22(18)28)12-24-25(31)30(26(32)33-24)14-17-6-2-1-3-7-17/h1-13,16H,14-15H2/b24-12-. The third kappa shape index (κ3) is 4.51. The maximum Gasteiger partial charge on any atom is 0.293 e. The molecule has 0 N–H and O–H groups in total. The fourth-order valence-electron chi connectivity index (χ4n) is 3.90. The number of aromatic nitrogens is 1. The molecule has 0 aliphatic carbocycles. The summed E-state index contributed by atoms with van der Waals surface area (Å²) in [5.74, 6) is -0.268. The molecule has 1 saturated heterocycles. The zero-order chi connectivity index (χ0) is 22.9. The van der Waals surface area contributed by atoms with Gasteiger partial charge in [-0.25, -0.2) is 0 Å². The summed E-state index contributed by atoms with van der Waals surface area (Å²) in [6.07, 6.45) is 3.82. The number of fused-ring (bicyclic) bond motifs is 1. The van der Waals surface area contributed by atoms with E-state index in [1.807, 2.05) is 85.1 Å². The highest BCUT2D eigenvalue weighted by atomic mass is 79.9. The van der Waals surface area contributed by atoms with Crippen LogP contribution >= 0.6 is 39.3 Å². The number of amides is 2. The maximum atomic E-state index is 13.1. The van der Waals surface area contributed by atoms with Crippen molar-refractivity contribution < 1.29 is 9.59 Å². The van der Waals surface area contributed by atoms with Gasteiger partial charge in [-0.15, -0.1) is 0 Å². The van der Waals surface area contributed by atoms with E-state index < -0.39 is 0 Å². The predicted octanol–water partition coefficient (Wildman–Crippen LogP) is 7.34. The van der Waals surface area contributed by atoms with Crippen LogP contribution in [0.5, 0.6) is 0 Å². The van der Waals surface area contributed by atoms with Gasteiger partial charge in [-0.3, -0.25) is 14.5 Å². The molecule has 0 saturated carbocycles. The predicted molar refractivity (Wildman–Crippen MR) is 138 cm³/mol. The first-order chi connectivity index (χ1) is 16.0. The second-order valence-electron chi connectivity index (χ2n) is 7.72. The van der Waals surface area contributed by atoms with E-state index in [0.717, 1.165) is 43.8 Å². The van der Waals surface area contributed by atoms with Gasteiger partial charge in [0.05, 0.1) is 11.4 Å². The van der Waals surface area contributed by atoms with Crippen molar-refractivity contribution in [2.75, 3.05) is 0 Å². The van der Waals surface area contributed by atoms with Crippen molar-refractivity contribution in [1.29, 1.82) is 0 Å². The Labute approximate surface area is 209 Å². The largest absolute Gasteiger partial charge is 0.342 e. The van der Waals surface area contributed by atoms with Crippen molar-refractivity contribution in [3.8, 4) is 0 Å². The SMILES string of the molecule is O=C1S/C(=C\c2cn(Cc3ccccc3Cl)c3ccc(Br)cc23)C(=O)N1Cc1ccccc1. The van der Waals surface area contributed by atoms with Gasteiger partial charge in [0.2, 0.25) is 0 Å². The Morgan fingerprint density at radius 3 is 2.48 bits per heavy atom. The van der Waals surface area contributed by atoms with Crippen LogP contribution in [-0.2, 0) is 17.9 Å². The van der Waals surface area contributed by atoms with Crippen molar-refractivity contribution in [2.45, 2.75) is 13.1 Å². The van der Waals surface area contributed by atoms with Crippen LogP contribution in [0.3, 0.4) is 0 Å². The Hall–Kier alpha value is -2.80. The topological polar surface area (TPSA) is 42.3 Å². The van der Waals surface area contributed by atoms with E-state index in [-0.39, 0.29) is 17.7 Å². The van der Waals surface area contributed by atoms with Crippen LogP contribution in [0.4, 0.5) is 4.79 Å². The van der Waals surface area contributed by atoms with Gasteiger partial charge in [-0.1, -0.05) is 76.1 Å². The second-order valence-corrected chi connectivity index (χ2v) is 10.0. The molecule has 1 aromatic heterocycles. The monoisotopic (exact) mass is 536 g/mol. The minimum absolute atomic E-state index is 0.254. The molecule has 3 aromatic carbocycles. The maximum absolute atomic E-state index is 13.1. The molecule has 5 rings (SSSR count). The van der Waals surface area contributed by atoms with Crippen LogP contribution in [0.25, 0.3) is 17.0 Å². The van der Waals surface area contributed by atoms with Gasteiger partial charge in [-0.2, -0.15) is 0 Å². The van der Waals surface area contributed by atoms with Crippen molar-refractivity contribution in [1.82, 2.24) is 9.47 Å². The molecule has 1 fully saturated rings. The van der Waals surface area contributed by atoms with Crippen LogP contribution in [0.1, 0.15) is 16.7 Å². The lowest BCUT2D eigenvalue weighted by atomic mass is 10.1. The molecule has 0 unspecified atom stereocenters. The average Bonchev–Trinajstić information content (AvgIpc) is 3.27. The third-order valence-corrected chi connectivity index (χ3v) is 7.29. The van der Waals surface area contributed by atoms with E-state index in [1.54, 1.807) is 0 Å². The molecular formula is C26H18BrClN2O2S. The Bertz CT molecular complexity index is 1410. The quantitative estimate of drug-likeness (QED) is 0.250. The van der Waals surface area contributed by atoms with E-state index in [0.29, 0.717) is 16.5 Å². The van der Waals surface area contributed by atoms with Crippen molar-refractivity contribution in [3.63, 3.8) is 0 Å². The van der Waals surface area contributed by atoms with Crippen LogP contribution < -0.4 is 0 Å². The van der Waals surface area contributed by atoms with Gasteiger partial charge in [0.1, 0.15) is 0 Å². The lowest BCUT2D eigenvalue weighted by molar-refractivity contribution is -0.123. The summed E-state index contributed by atoms with van der Waals surface area (Å²) < 4.78 is 3.06.